The third-order valence-corrected chi connectivity index (χ3v) is 6.06. The third kappa shape index (κ3) is 6.69. The van der Waals surface area contributed by atoms with Crippen LogP contribution in [0.15, 0.2) is 24.3 Å². The summed E-state index contributed by atoms with van der Waals surface area (Å²) in [4.78, 5) is 4.68. The predicted molar refractivity (Wildman–Crippen MR) is 126 cm³/mol. The van der Waals surface area contributed by atoms with Crippen LogP contribution in [0.4, 0.5) is 4.39 Å². The molecule has 0 bridgehead atoms. The number of unbranched alkanes of at least 4 members (excludes halogenated alkanes) is 8. The molecule has 0 fully saturated rings. The van der Waals surface area contributed by atoms with Crippen LogP contribution < -0.4 is 9.47 Å². The van der Waals surface area contributed by atoms with Crippen LogP contribution in [-0.4, -0.2) is 18.2 Å². The van der Waals surface area contributed by atoms with E-state index in [-0.39, 0.29) is 5.82 Å². The molecule has 1 aliphatic rings. The van der Waals surface area contributed by atoms with Gasteiger partial charge in [-0.05, 0) is 48.9 Å². The maximum absolute atomic E-state index is 15.1. The lowest BCUT2D eigenvalue weighted by Crippen LogP contribution is -2.11. The molecule has 0 unspecified atom stereocenters. The van der Waals surface area contributed by atoms with Gasteiger partial charge >= 0.3 is 0 Å². The number of halogens is 1. The minimum atomic E-state index is -0.203. The summed E-state index contributed by atoms with van der Waals surface area (Å²) in [6.45, 7) is 5.70. The largest absolute Gasteiger partial charge is 0.491 e. The lowest BCUT2D eigenvalue weighted by Gasteiger charge is -2.21. The molecular weight excluding hydrogens is 389 g/mol. The Labute approximate surface area is 187 Å². The van der Waals surface area contributed by atoms with Crippen LogP contribution in [0, 0.1) is 5.82 Å². The summed E-state index contributed by atoms with van der Waals surface area (Å²) < 4.78 is 26.7. The van der Waals surface area contributed by atoms with Gasteiger partial charge in [0.05, 0.1) is 18.9 Å². The highest BCUT2D eigenvalue weighted by Gasteiger charge is 2.23. The smallest absolute Gasteiger partial charge is 0.213 e. The Morgan fingerprint density at radius 1 is 0.742 bits per heavy atom. The highest BCUT2D eigenvalue weighted by Crippen LogP contribution is 2.38. The Morgan fingerprint density at radius 3 is 2.19 bits per heavy atom. The van der Waals surface area contributed by atoms with E-state index in [1.807, 2.05) is 18.2 Å². The van der Waals surface area contributed by atoms with Gasteiger partial charge in [-0.2, -0.15) is 0 Å². The molecule has 4 heteroatoms. The van der Waals surface area contributed by atoms with E-state index in [4.69, 9.17) is 9.47 Å². The normalized spacial score (nSPS) is 12.4. The van der Waals surface area contributed by atoms with Gasteiger partial charge in [0, 0.05) is 11.6 Å². The molecule has 0 radical (unpaired) electrons. The first kappa shape index (κ1) is 23.6. The van der Waals surface area contributed by atoms with Crippen molar-refractivity contribution in [3.05, 3.63) is 41.3 Å². The first-order valence-corrected chi connectivity index (χ1v) is 12.3. The second-order valence-corrected chi connectivity index (χ2v) is 8.57. The van der Waals surface area contributed by atoms with Crippen LogP contribution in [0.1, 0.15) is 89.3 Å². The summed E-state index contributed by atoms with van der Waals surface area (Å²) in [5, 5.41) is 0. The zero-order chi connectivity index (χ0) is 21.9. The summed E-state index contributed by atoms with van der Waals surface area (Å²) >= 11 is 0. The van der Waals surface area contributed by atoms with Crippen LogP contribution in [0.2, 0.25) is 0 Å². The molecule has 0 atom stereocenters. The first-order valence-electron chi connectivity index (χ1n) is 12.3. The molecule has 0 saturated heterocycles. The van der Waals surface area contributed by atoms with E-state index in [0.29, 0.717) is 31.3 Å². The summed E-state index contributed by atoms with van der Waals surface area (Å²) in [5.74, 6) is 0.858. The van der Waals surface area contributed by atoms with E-state index >= 15 is 4.39 Å². The first-order chi connectivity index (χ1) is 15.2. The Kier molecular flexibility index (Phi) is 9.64. The molecule has 0 saturated carbocycles. The van der Waals surface area contributed by atoms with Crippen molar-refractivity contribution >= 4 is 0 Å². The van der Waals surface area contributed by atoms with Crippen LogP contribution in [0.5, 0.6) is 11.6 Å². The minimum Gasteiger partial charge on any atom is -0.491 e. The molecule has 3 nitrogen and oxygen atoms in total. The number of ether oxygens (including phenoxy) is 2. The second-order valence-electron chi connectivity index (χ2n) is 8.57. The Hall–Kier alpha value is -2.10. The topological polar surface area (TPSA) is 31.4 Å². The van der Waals surface area contributed by atoms with Crippen molar-refractivity contribution in [3.8, 4) is 22.8 Å². The molecule has 1 aromatic carbocycles. The van der Waals surface area contributed by atoms with Gasteiger partial charge in [0.25, 0.3) is 0 Å². The molecule has 31 heavy (non-hydrogen) atoms. The van der Waals surface area contributed by atoms with Crippen LogP contribution in [0.3, 0.4) is 0 Å². The number of rotatable bonds is 14. The van der Waals surface area contributed by atoms with Gasteiger partial charge in [-0.15, -0.1) is 0 Å². The van der Waals surface area contributed by atoms with Crippen molar-refractivity contribution < 1.29 is 13.9 Å². The van der Waals surface area contributed by atoms with Crippen molar-refractivity contribution in [3.63, 3.8) is 0 Å². The zero-order valence-electron chi connectivity index (χ0n) is 19.4. The minimum absolute atomic E-state index is 0.203. The van der Waals surface area contributed by atoms with Crippen molar-refractivity contribution in [2.24, 2.45) is 0 Å². The molecular formula is C27H38FNO2. The molecule has 170 valence electrons. The quantitative estimate of drug-likeness (QED) is 0.290. The molecule has 1 aromatic heterocycles. The van der Waals surface area contributed by atoms with E-state index in [2.05, 4.69) is 18.8 Å². The maximum atomic E-state index is 15.1. The summed E-state index contributed by atoms with van der Waals surface area (Å²) in [7, 11) is 0. The number of hydrogen-bond donors (Lipinski definition) is 0. The fourth-order valence-corrected chi connectivity index (χ4v) is 4.22. The van der Waals surface area contributed by atoms with Gasteiger partial charge in [-0.25, -0.2) is 9.37 Å². The van der Waals surface area contributed by atoms with Gasteiger partial charge in [0.2, 0.25) is 5.88 Å². The second kappa shape index (κ2) is 12.7. The van der Waals surface area contributed by atoms with Crippen molar-refractivity contribution in [1.82, 2.24) is 4.98 Å². The number of benzene rings is 1. The summed E-state index contributed by atoms with van der Waals surface area (Å²) in [6.07, 6.45) is 13.3. The van der Waals surface area contributed by atoms with E-state index in [1.165, 1.54) is 44.9 Å². The molecule has 1 heterocycles. The average Bonchev–Trinajstić information content (AvgIpc) is 2.79. The standard InChI is InChI=1S/C27H38FNO2/c1-3-5-7-8-9-10-12-19-30-25-17-14-21-22-15-18-26(31-20-11-6-4-2)29-24(22)16-13-23(21)27(25)28/h14-15,17-18H,3-13,16,19-20H2,1-2H3. The predicted octanol–water partition coefficient (Wildman–Crippen LogP) is 7.68. The summed E-state index contributed by atoms with van der Waals surface area (Å²) in [5.41, 5.74) is 3.70. The van der Waals surface area contributed by atoms with Crippen LogP contribution >= 0.6 is 0 Å². The van der Waals surface area contributed by atoms with Crippen molar-refractivity contribution in [2.75, 3.05) is 13.2 Å². The highest BCUT2D eigenvalue weighted by atomic mass is 19.1. The molecule has 0 aliphatic heterocycles. The molecule has 1 aliphatic carbocycles. The van der Waals surface area contributed by atoms with Gasteiger partial charge < -0.3 is 9.47 Å². The number of hydrogen-bond acceptors (Lipinski definition) is 3. The molecule has 0 amide bonds. The number of fused-ring (bicyclic) bond motifs is 3. The number of aryl methyl sites for hydroxylation is 1. The monoisotopic (exact) mass is 427 g/mol. The van der Waals surface area contributed by atoms with Gasteiger partial charge in [-0.3, -0.25) is 0 Å². The number of nitrogens with zero attached hydrogens (tertiary/aromatic N) is 1. The van der Waals surface area contributed by atoms with Crippen molar-refractivity contribution in [2.45, 2.75) is 90.9 Å². The van der Waals surface area contributed by atoms with E-state index < -0.39 is 0 Å². The SMILES string of the molecule is CCCCCCCCCOc1ccc2c(c1F)CCc1nc(OCCCCC)ccc1-2. The van der Waals surface area contributed by atoms with Gasteiger partial charge in [-0.1, -0.05) is 71.3 Å². The number of pyridine rings is 1. The maximum Gasteiger partial charge on any atom is 0.213 e. The van der Waals surface area contributed by atoms with Gasteiger partial charge in [0.15, 0.2) is 11.6 Å². The molecule has 2 aromatic rings. The lowest BCUT2D eigenvalue weighted by atomic mass is 9.88. The van der Waals surface area contributed by atoms with Crippen LogP contribution in [-0.2, 0) is 12.8 Å². The molecule has 0 spiro atoms. The Morgan fingerprint density at radius 2 is 1.39 bits per heavy atom. The van der Waals surface area contributed by atoms with E-state index in [9.17, 15) is 0 Å². The number of aromatic nitrogens is 1. The van der Waals surface area contributed by atoms with Crippen molar-refractivity contribution in [1.29, 1.82) is 0 Å². The van der Waals surface area contributed by atoms with E-state index in [0.717, 1.165) is 48.1 Å². The highest BCUT2D eigenvalue weighted by molar-refractivity contribution is 5.73. The average molecular weight is 428 g/mol. The summed E-state index contributed by atoms with van der Waals surface area (Å²) in [6, 6.07) is 7.69. The Bertz CT molecular complexity index is 821. The Balaban J connectivity index is 1.55. The van der Waals surface area contributed by atoms with E-state index in [1.54, 1.807) is 6.07 Å². The zero-order valence-corrected chi connectivity index (χ0v) is 19.4. The fourth-order valence-electron chi connectivity index (χ4n) is 4.22. The fraction of sp³-hybridized carbons (Fsp3) is 0.593. The molecule has 0 N–H and O–H groups in total. The van der Waals surface area contributed by atoms with Crippen LogP contribution in [0.25, 0.3) is 11.1 Å². The third-order valence-electron chi connectivity index (χ3n) is 6.06. The molecule has 3 rings (SSSR count). The van der Waals surface area contributed by atoms with Gasteiger partial charge in [0.1, 0.15) is 0 Å². The lowest BCUT2D eigenvalue weighted by molar-refractivity contribution is 0.289.